The number of benzene rings is 3. The van der Waals surface area contributed by atoms with Crippen molar-refractivity contribution in [3.63, 3.8) is 0 Å². The van der Waals surface area contributed by atoms with Crippen LogP contribution in [0.4, 0.5) is 5.69 Å². The van der Waals surface area contributed by atoms with Gasteiger partial charge in [-0.05, 0) is 42.0 Å². The molecule has 0 saturated heterocycles. The number of H-pyrrole nitrogens is 1. The summed E-state index contributed by atoms with van der Waals surface area (Å²) in [5, 5.41) is 14.5. The lowest BCUT2D eigenvalue weighted by molar-refractivity contribution is 0.102. The maximum Gasteiger partial charge on any atom is 0.272 e. The van der Waals surface area contributed by atoms with Gasteiger partial charge in [0.05, 0.1) is 0 Å². The number of anilines is 1. The first-order chi connectivity index (χ1) is 14.2. The summed E-state index contributed by atoms with van der Waals surface area (Å²) in [5.41, 5.74) is 3.09. The molecule has 5 rings (SSSR count). The average molecular weight is 381 g/mol. The van der Waals surface area contributed by atoms with Crippen LogP contribution in [-0.2, 0) is 6.54 Å². The zero-order valence-corrected chi connectivity index (χ0v) is 15.9. The van der Waals surface area contributed by atoms with Crippen molar-refractivity contribution in [2.75, 3.05) is 5.32 Å². The third-order valence-electron chi connectivity index (χ3n) is 5.11. The van der Waals surface area contributed by atoms with Gasteiger partial charge in [-0.1, -0.05) is 42.5 Å². The van der Waals surface area contributed by atoms with E-state index in [4.69, 9.17) is 0 Å². The predicted octanol–water partition coefficient (Wildman–Crippen LogP) is 4.85. The number of nitrogens with one attached hydrogen (secondary N) is 2. The highest BCUT2D eigenvalue weighted by atomic mass is 16.1. The molecule has 3 aromatic carbocycles. The monoisotopic (exact) mass is 381 g/mol. The van der Waals surface area contributed by atoms with Crippen molar-refractivity contribution in [1.29, 1.82) is 0 Å². The van der Waals surface area contributed by atoms with Gasteiger partial charge in [-0.25, -0.2) is 0 Å². The molecule has 6 heteroatoms. The number of aromatic amines is 1. The molecule has 6 nitrogen and oxygen atoms in total. The Kier molecular flexibility index (Phi) is 4.09. The number of amides is 1. The van der Waals surface area contributed by atoms with E-state index in [0.717, 1.165) is 39.6 Å². The highest BCUT2D eigenvalue weighted by molar-refractivity contribution is 6.12. The maximum atomic E-state index is 12.9. The summed E-state index contributed by atoms with van der Waals surface area (Å²) in [6, 6.07) is 21.8. The number of hydrogen-bond acceptors (Lipinski definition) is 3. The second-order valence-electron chi connectivity index (χ2n) is 6.91. The summed E-state index contributed by atoms with van der Waals surface area (Å²) >= 11 is 0. The molecule has 2 aromatic heterocycles. The fraction of sp³-hybridized carbons (Fsp3) is 0.0870. The summed E-state index contributed by atoms with van der Waals surface area (Å²) in [6.45, 7) is 2.82. The normalized spacial score (nSPS) is 11.2. The number of hydrogen-bond donors (Lipinski definition) is 2. The third-order valence-corrected chi connectivity index (χ3v) is 5.11. The van der Waals surface area contributed by atoms with E-state index in [-0.39, 0.29) is 5.91 Å². The Labute approximate surface area is 167 Å². The zero-order valence-electron chi connectivity index (χ0n) is 15.9. The second-order valence-corrected chi connectivity index (χ2v) is 6.91. The molecule has 0 fully saturated rings. The minimum atomic E-state index is -0.181. The Morgan fingerprint density at radius 1 is 1.03 bits per heavy atom. The molecule has 2 N–H and O–H groups in total. The Bertz CT molecular complexity index is 1350. The van der Waals surface area contributed by atoms with Gasteiger partial charge in [-0.3, -0.25) is 4.79 Å². The highest BCUT2D eigenvalue weighted by Gasteiger charge is 2.13. The molecule has 2 heterocycles. The molecule has 0 bridgehead atoms. The smallest absolute Gasteiger partial charge is 0.272 e. The molecule has 0 atom stereocenters. The van der Waals surface area contributed by atoms with Gasteiger partial charge in [-0.15, -0.1) is 10.2 Å². The lowest BCUT2D eigenvalue weighted by Gasteiger charge is -2.07. The summed E-state index contributed by atoms with van der Waals surface area (Å²) < 4.78 is 1.96. The number of rotatable bonds is 4. The molecule has 5 aromatic rings. The minimum absolute atomic E-state index is 0.181. The first-order valence-corrected chi connectivity index (χ1v) is 9.53. The zero-order chi connectivity index (χ0) is 19.8. The van der Waals surface area contributed by atoms with Crippen LogP contribution in [-0.4, -0.2) is 25.7 Å². The standard InChI is InChI=1S/C23H19N5O/c1-2-28-14-24-27-22(28)16-7-5-8-17(12-16)25-23(29)21-13-19-18-9-4-3-6-15(18)10-11-20(19)26-21/h3-14,26H,2H2,1H3,(H,25,29). The van der Waals surface area contributed by atoms with E-state index in [0.29, 0.717) is 11.4 Å². The average Bonchev–Trinajstić information content (AvgIpc) is 3.41. The van der Waals surface area contributed by atoms with Gasteiger partial charge in [-0.2, -0.15) is 0 Å². The van der Waals surface area contributed by atoms with Crippen LogP contribution in [0.15, 0.2) is 73.1 Å². The van der Waals surface area contributed by atoms with Crippen LogP contribution in [0.1, 0.15) is 17.4 Å². The van der Waals surface area contributed by atoms with E-state index >= 15 is 0 Å². The summed E-state index contributed by atoms with van der Waals surface area (Å²) in [6.07, 6.45) is 1.70. The quantitative estimate of drug-likeness (QED) is 0.467. The SMILES string of the molecule is CCn1cnnc1-c1cccc(NC(=O)c2cc3c(ccc4ccccc43)[nH]2)c1. The van der Waals surface area contributed by atoms with E-state index in [2.05, 4.69) is 38.7 Å². The fourth-order valence-corrected chi connectivity index (χ4v) is 3.65. The van der Waals surface area contributed by atoms with Crippen molar-refractivity contribution in [3.8, 4) is 11.4 Å². The van der Waals surface area contributed by atoms with Crippen molar-refractivity contribution < 1.29 is 4.79 Å². The predicted molar refractivity (Wildman–Crippen MR) is 115 cm³/mol. The summed E-state index contributed by atoms with van der Waals surface area (Å²) in [5.74, 6) is 0.597. The number of nitrogens with zero attached hydrogens (tertiary/aromatic N) is 3. The van der Waals surface area contributed by atoms with Crippen LogP contribution < -0.4 is 5.32 Å². The summed E-state index contributed by atoms with van der Waals surface area (Å²) in [4.78, 5) is 16.1. The molecule has 29 heavy (non-hydrogen) atoms. The Morgan fingerprint density at radius 2 is 1.93 bits per heavy atom. The van der Waals surface area contributed by atoms with Crippen LogP contribution in [0.3, 0.4) is 0 Å². The van der Waals surface area contributed by atoms with Crippen LogP contribution in [0.2, 0.25) is 0 Å². The van der Waals surface area contributed by atoms with E-state index in [1.54, 1.807) is 6.33 Å². The van der Waals surface area contributed by atoms with Crippen molar-refractivity contribution in [2.45, 2.75) is 13.5 Å². The number of aryl methyl sites for hydroxylation is 1. The summed E-state index contributed by atoms with van der Waals surface area (Å²) in [7, 11) is 0. The largest absolute Gasteiger partial charge is 0.351 e. The Balaban J connectivity index is 1.46. The molecule has 0 spiro atoms. The van der Waals surface area contributed by atoms with Gasteiger partial charge in [0.25, 0.3) is 5.91 Å². The van der Waals surface area contributed by atoms with Crippen molar-refractivity contribution >= 4 is 33.3 Å². The molecular formula is C23H19N5O. The van der Waals surface area contributed by atoms with E-state index < -0.39 is 0 Å². The maximum absolute atomic E-state index is 12.9. The molecule has 0 radical (unpaired) electrons. The van der Waals surface area contributed by atoms with Gasteiger partial charge in [0, 0.05) is 28.7 Å². The molecule has 0 aliphatic heterocycles. The number of carbonyl (C=O) groups excluding carboxylic acids is 1. The van der Waals surface area contributed by atoms with Gasteiger partial charge < -0.3 is 14.9 Å². The molecule has 0 saturated carbocycles. The van der Waals surface area contributed by atoms with Gasteiger partial charge in [0.1, 0.15) is 12.0 Å². The lowest BCUT2D eigenvalue weighted by atomic mass is 10.1. The lowest BCUT2D eigenvalue weighted by Crippen LogP contribution is -2.12. The van der Waals surface area contributed by atoms with E-state index in [9.17, 15) is 4.79 Å². The Morgan fingerprint density at radius 3 is 2.83 bits per heavy atom. The molecule has 142 valence electrons. The van der Waals surface area contributed by atoms with Gasteiger partial charge >= 0.3 is 0 Å². The van der Waals surface area contributed by atoms with E-state index in [1.165, 1.54) is 0 Å². The first kappa shape index (κ1) is 17.2. The third kappa shape index (κ3) is 3.04. The first-order valence-electron chi connectivity index (χ1n) is 9.53. The fourth-order valence-electron chi connectivity index (χ4n) is 3.65. The molecule has 0 unspecified atom stereocenters. The molecule has 0 aliphatic carbocycles. The van der Waals surface area contributed by atoms with Gasteiger partial charge in [0.15, 0.2) is 5.82 Å². The molecule has 0 aliphatic rings. The number of carbonyl (C=O) groups is 1. The van der Waals surface area contributed by atoms with Crippen molar-refractivity contribution in [2.24, 2.45) is 0 Å². The van der Waals surface area contributed by atoms with Crippen LogP contribution in [0.5, 0.6) is 0 Å². The molecular weight excluding hydrogens is 362 g/mol. The second kappa shape index (κ2) is 6.91. The van der Waals surface area contributed by atoms with Crippen LogP contribution in [0.25, 0.3) is 33.1 Å². The topological polar surface area (TPSA) is 75.6 Å². The van der Waals surface area contributed by atoms with Crippen molar-refractivity contribution in [1.82, 2.24) is 19.7 Å². The minimum Gasteiger partial charge on any atom is -0.351 e. The highest BCUT2D eigenvalue weighted by Crippen LogP contribution is 2.27. The molecule has 1 amide bonds. The Hall–Kier alpha value is -3.93. The van der Waals surface area contributed by atoms with Gasteiger partial charge in [0.2, 0.25) is 0 Å². The van der Waals surface area contributed by atoms with Crippen LogP contribution in [0, 0.1) is 0 Å². The van der Waals surface area contributed by atoms with Crippen LogP contribution >= 0.6 is 0 Å². The number of aromatic nitrogens is 4. The number of fused-ring (bicyclic) bond motifs is 3. The van der Waals surface area contributed by atoms with Crippen molar-refractivity contribution in [3.05, 3.63) is 78.8 Å². The van der Waals surface area contributed by atoms with E-state index in [1.807, 2.05) is 60.0 Å².